The molecule has 0 atom stereocenters. The van der Waals surface area contributed by atoms with Crippen molar-refractivity contribution in [3.8, 4) is 0 Å². The molecule has 2 N–H and O–H groups in total. The highest BCUT2D eigenvalue weighted by Crippen LogP contribution is 2.28. The molecule has 1 amide bonds. The number of nitrogens with zero attached hydrogens (tertiary/aromatic N) is 1. The van der Waals surface area contributed by atoms with E-state index in [4.69, 9.17) is 0 Å². The zero-order chi connectivity index (χ0) is 17.3. The van der Waals surface area contributed by atoms with Crippen molar-refractivity contribution in [1.82, 2.24) is 9.29 Å². The molecule has 1 heterocycles. The predicted octanol–water partition coefficient (Wildman–Crippen LogP) is 2.27. The van der Waals surface area contributed by atoms with E-state index in [1.54, 1.807) is 22.8 Å². The maximum absolute atomic E-state index is 12.3. The molecule has 0 radical (unpaired) electrons. The van der Waals surface area contributed by atoms with Crippen molar-refractivity contribution >= 4 is 21.6 Å². The van der Waals surface area contributed by atoms with Crippen molar-refractivity contribution in [2.75, 3.05) is 11.9 Å². The molecule has 6 nitrogen and oxygen atoms in total. The smallest absolute Gasteiger partial charge is 0.272 e. The molecule has 3 rings (SSSR count). The van der Waals surface area contributed by atoms with E-state index in [2.05, 4.69) is 10.0 Å². The molecule has 2 aromatic rings. The van der Waals surface area contributed by atoms with Crippen molar-refractivity contribution < 1.29 is 13.2 Å². The Morgan fingerprint density at radius 1 is 1.17 bits per heavy atom. The first-order chi connectivity index (χ1) is 11.4. The number of aryl methyl sites for hydroxylation is 1. The minimum absolute atomic E-state index is 0.205. The van der Waals surface area contributed by atoms with E-state index in [9.17, 15) is 13.2 Å². The van der Waals surface area contributed by atoms with E-state index in [0.717, 1.165) is 18.5 Å². The van der Waals surface area contributed by atoms with E-state index in [-0.39, 0.29) is 10.8 Å². The molecule has 7 heteroatoms. The van der Waals surface area contributed by atoms with E-state index in [1.807, 2.05) is 20.0 Å². The fourth-order valence-corrected chi connectivity index (χ4v) is 3.50. The van der Waals surface area contributed by atoms with Gasteiger partial charge in [0.15, 0.2) is 0 Å². The summed E-state index contributed by atoms with van der Waals surface area (Å²) >= 11 is 0. The van der Waals surface area contributed by atoms with Gasteiger partial charge in [-0.2, -0.15) is 0 Å². The van der Waals surface area contributed by atoms with Crippen molar-refractivity contribution in [3.63, 3.8) is 0 Å². The van der Waals surface area contributed by atoms with Gasteiger partial charge < -0.3 is 9.88 Å². The van der Waals surface area contributed by atoms with Crippen molar-refractivity contribution in [1.29, 1.82) is 0 Å². The Bertz CT molecular complexity index is 850. The van der Waals surface area contributed by atoms with Crippen LogP contribution in [0.25, 0.3) is 0 Å². The van der Waals surface area contributed by atoms with Crippen LogP contribution in [0.3, 0.4) is 0 Å². The molecule has 0 unspecified atom stereocenters. The molecule has 0 aliphatic heterocycles. The highest BCUT2D eigenvalue weighted by atomic mass is 32.2. The zero-order valence-corrected chi connectivity index (χ0v) is 14.6. The van der Waals surface area contributed by atoms with Gasteiger partial charge in [0.25, 0.3) is 5.91 Å². The second-order valence-corrected chi connectivity index (χ2v) is 7.96. The molecule has 1 aliphatic rings. The summed E-state index contributed by atoms with van der Waals surface area (Å²) in [6.07, 6.45) is 2.18. The van der Waals surface area contributed by atoms with E-state index >= 15 is 0 Å². The summed E-state index contributed by atoms with van der Waals surface area (Å²) in [5.74, 6) is 0.250. The van der Waals surface area contributed by atoms with Gasteiger partial charge in [-0.05, 0) is 62.1 Å². The summed E-state index contributed by atoms with van der Waals surface area (Å²) in [6.45, 7) is 2.42. The number of carbonyl (C=O) groups excluding carboxylic acids is 1. The Kier molecular flexibility index (Phi) is 4.47. The average Bonchev–Trinajstić information content (AvgIpc) is 3.32. The van der Waals surface area contributed by atoms with Crippen LogP contribution >= 0.6 is 0 Å². The molecule has 0 spiro atoms. The second kappa shape index (κ2) is 6.41. The molecule has 1 aromatic heterocycles. The lowest BCUT2D eigenvalue weighted by Crippen LogP contribution is -2.25. The van der Waals surface area contributed by atoms with Crippen LogP contribution in [0.2, 0.25) is 0 Å². The largest absolute Gasteiger partial charge is 0.344 e. The molecule has 1 saturated carbocycles. The highest BCUT2D eigenvalue weighted by Gasteiger charge is 2.24. The number of hydrogen-bond acceptors (Lipinski definition) is 3. The summed E-state index contributed by atoms with van der Waals surface area (Å²) in [6, 6.07) is 9.82. The normalized spacial score (nSPS) is 14.6. The third-order valence-electron chi connectivity index (χ3n) is 4.29. The number of amides is 1. The van der Waals surface area contributed by atoms with Crippen LogP contribution in [-0.4, -0.2) is 25.4 Å². The van der Waals surface area contributed by atoms with Crippen LogP contribution in [0.1, 0.15) is 29.0 Å². The Balaban J connectivity index is 1.67. The number of hydrogen-bond donors (Lipinski definition) is 2. The number of aromatic nitrogens is 1. The lowest BCUT2D eigenvalue weighted by Gasteiger charge is -2.09. The third kappa shape index (κ3) is 3.68. The number of sulfonamides is 1. The van der Waals surface area contributed by atoms with Gasteiger partial charge in [0.2, 0.25) is 10.0 Å². The summed E-state index contributed by atoms with van der Waals surface area (Å²) in [7, 11) is -1.66. The molecule has 0 bridgehead atoms. The van der Waals surface area contributed by atoms with Crippen LogP contribution in [0, 0.1) is 12.8 Å². The minimum Gasteiger partial charge on any atom is -0.344 e. The van der Waals surface area contributed by atoms with Gasteiger partial charge in [0.1, 0.15) is 5.69 Å². The fourth-order valence-electron chi connectivity index (χ4n) is 2.39. The Morgan fingerprint density at radius 3 is 2.38 bits per heavy atom. The topological polar surface area (TPSA) is 80.2 Å². The molecule has 1 aromatic carbocycles. The number of nitrogens with one attached hydrogen (secondary N) is 2. The van der Waals surface area contributed by atoms with Crippen LogP contribution in [-0.2, 0) is 17.1 Å². The van der Waals surface area contributed by atoms with Gasteiger partial charge in [-0.1, -0.05) is 0 Å². The zero-order valence-electron chi connectivity index (χ0n) is 13.7. The first kappa shape index (κ1) is 16.7. The Hall–Kier alpha value is -2.12. The summed E-state index contributed by atoms with van der Waals surface area (Å²) in [5.41, 5.74) is 2.10. The standard InChI is InChI=1S/C17H21N3O3S/c1-12-3-10-16(20(12)2)17(21)19-14-6-8-15(9-7-14)24(22,23)18-11-13-4-5-13/h3,6-10,13,18H,4-5,11H2,1-2H3,(H,19,21). The number of carbonyl (C=O) groups is 1. The monoisotopic (exact) mass is 347 g/mol. The first-order valence-corrected chi connectivity index (χ1v) is 9.38. The van der Waals surface area contributed by atoms with Gasteiger partial charge >= 0.3 is 0 Å². The van der Waals surface area contributed by atoms with Crippen LogP contribution in [0.4, 0.5) is 5.69 Å². The highest BCUT2D eigenvalue weighted by molar-refractivity contribution is 7.89. The van der Waals surface area contributed by atoms with Crippen LogP contribution in [0.15, 0.2) is 41.3 Å². The third-order valence-corrected chi connectivity index (χ3v) is 5.73. The summed E-state index contributed by atoms with van der Waals surface area (Å²) in [5, 5.41) is 2.78. The summed E-state index contributed by atoms with van der Waals surface area (Å²) < 4.78 is 28.7. The van der Waals surface area contributed by atoms with Crippen molar-refractivity contribution in [2.24, 2.45) is 13.0 Å². The quantitative estimate of drug-likeness (QED) is 0.841. The van der Waals surface area contributed by atoms with Gasteiger partial charge in [-0.3, -0.25) is 4.79 Å². The molecule has 0 saturated heterocycles. The fraction of sp³-hybridized carbons (Fsp3) is 0.353. The van der Waals surface area contributed by atoms with Crippen molar-refractivity contribution in [3.05, 3.63) is 47.8 Å². The van der Waals surface area contributed by atoms with E-state index < -0.39 is 10.0 Å². The van der Waals surface area contributed by atoms with Crippen LogP contribution in [0.5, 0.6) is 0 Å². The molecule has 1 fully saturated rings. The lowest BCUT2D eigenvalue weighted by molar-refractivity contribution is 0.101. The van der Waals surface area contributed by atoms with Gasteiger partial charge in [-0.15, -0.1) is 0 Å². The van der Waals surface area contributed by atoms with E-state index in [0.29, 0.717) is 23.8 Å². The molecule has 128 valence electrons. The van der Waals surface area contributed by atoms with Gasteiger partial charge in [0, 0.05) is 25.0 Å². The number of rotatable bonds is 6. The van der Waals surface area contributed by atoms with Crippen LogP contribution < -0.4 is 10.0 Å². The second-order valence-electron chi connectivity index (χ2n) is 6.19. The summed E-state index contributed by atoms with van der Waals surface area (Å²) in [4.78, 5) is 12.5. The SMILES string of the molecule is Cc1ccc(C(=O)Nc2ccc(S(=O)(=O)NCC3CC3)cc2)n1C. The lowest BCUT2D eigenvalue weighted by atomic mass is 10.3. The van der Waals surface area contributed by atoms with Crippen molar-refractivity contribution in [2.45, 2.75) is 24.7 Å². The van der Waals surface area contributed by atoms with E-state index in [1.165, 1.54) is 12.1 Å². The Morgan fingerprint density at radius 2 is 1.83 bits per heavy atom. The minimum atomic E-state index is -3.48. The molecular formula is C17H21N3O3S. The molecular weight excluding hydrogens is 326 g/mol. The predicted molar refractivity (Wildman–Crippen MR) is 92.5 cm³/mol. The van der Waals surface area contributed by atoms with Gasteiger partial charge in [-0.25, -0.2) is 13.1 Å². The first-order valence-electron chi connectivity index (χ1n) is 7.90. The Labute approximate surface area is 141 Å². The number of benzene rings is 1. The molecule has 24 heavy (non-hydrogen) atoms. The van der Waals surface area contributed by atoms with Gasteiger partial charge in [0.05, 0.1) is 4.90 Å². The number of anilines is 1. The molecule has 1 aliphatic carbocycles. The average molecular weight is 347 g/mol. The maximum Gasteiger partial charge on any atom is 0.272 e. The maximum atomic E-state index is 12.3.